The molecule has 0 fully saturated rings. The molecule has 0 saturated carbocycles. The minimum atomic E-state index is 0. The van der Waals surface area contributed by atoms with Gasteiger partial charge in [-0.2, -0.15) is 0 Å². The standard InChI is InChI=1S/C8H11N3.H2/c1-4-7-6(2)10-5-11-8(7)9-3;/h4-5H,1H2,2-3H3,(H,9,10,11);1H. The second-order valence-electron chi connectivity index (χ2n) is 2.18. The van der Waals surface area contributed by atoms with Crippen LogP contribution in [0.1, 0.15) is 12.7 Å². The highest BCUT2D eigenvalue weighted by molar-refractivity contribution is 5.62. The summed E-state index contributed by atoms with van der Waals surface area (Å²) in [6, 6.07) is 0. The lowest BCUT2D eigenvalue weighted by molar-refractivity contribution is 1.09. The summed E-state index contributed by atoms with van der Waals surface area (Å²) in [6.07, 6.45) is 3.29. The Morgan fingerprint density at radius 1 is 1.64 bits per heavy atom. The fraction of sp³-hybridized carbons (Fsp3) is 0.250. The van der Waals surface area contributed by atoms with E-state index in [0.717, 1.165) is 17.1 Å². The van der Waals surface area contributed by atoms with Crippen molar-refractivity contribution in [2.24, 2.45) is 0 Å². The van der Waals surface area contributed by atoms with Crippen LogP contribution in [0.25, 0.3) is 6.08 Å². The van der Waals surface area contributed by atoms with Crippen molar-refractivity contribution in [3.05, 3.63) is 24.2 Å². The van der Waals surface area contributed by atoms with E-state index in [1.807, 2.05) is 14.0 Å². The Kier molecular flexibility index (Phi) is 2.21. The van der Waals surface area contributed by atoms with Crippen LogP contribution in [0.4, 0.5) is 5.82 Å². The van der Waals surface area contributed by atoms with Crippen molar-refractivity contribution in [1.82, 2.24) is 9.97 Å². The van der Waals surface area contributed by atoms with Crippen LogP contribution in [0.2, 0.25) is 0 Å². The van der Waals surface area contributed by atoms with Gasteiger partial charge in [0.1, 0.15) is 12.1 Å². The number of hydrogen-bond acceptors (Lipinski definition) is 3. The van der Waals surface area contributed by atoms with Crippen LogP contribution in [0, 0.1) is 6.92 Å². The van der Waals surface area contributed by atoms with Crippen LogP contribution < -0.4 is 5.32 Å². The number of anilines is 1. The molecule has 0 spiro atoms. The third-order valence-electron chi connectivity index (χ3n) is 1.52. The van der Waals surface area contributed by atoms with E-state index in [-0.39, 0.29) is 1.43 Å². The summed E-state index contributed by atoms with van der Waals surface area (Å²) in [5, 5.41) is 2.96. The molecule has 0 amide bonds. The summed E-state index contributed by atoms with van der Waals surface area (Å²) >= 11 is 0. The lowest BCUT2D eigenvalue weighted by Gasteiger charge is -2.04. The molecule has 3 nitrogen and oxygen atoms in total. The van der Waals surface area contributed by atoms with Gasteiger partial charge < -0.3 is 5.32 Å². The quantitative estimate of drug-likeness (QED) is 0.699. The zero-order valence-corrected chi connectivity index (χ0v) is 6.76. The maximum Gasteiger partial charge on any atom is 0.136 e. The smallest absolute Gasteiger partial charge is 0.136 e. The van der Waals surface area contributed by atoms with Crippen molar-refractivity contribution in [3.8, 4) is 0 Å². The third-order valence-corrected chi connectivity index (χ3v) is 1.52. The summed E-state index contributed by atoms with van der Waals surface area (Å²) in [6.45, 7) is 5.61. The molecule has 60 valence electrons. The SMILES string of the molecule is C=Cc1c(C)ncnc1NC.[HH]. The Hall–Kier alpha value is -1.38. The molecule has 0 unspecified atom stereocenters. The summed E-state index contributed by atoms with van der Waals surface area (Å²) in [5.74, 6) is 0.826. The van der Waals surface area contributed by atoms with Crippen LogP contribution >= 0.6 is 0 Å². The minimum Gasteiger partial charge on any atom is -0.373 e. The first-order valence-electron chi connectivity index (χ1n) is 3.41. The average molecular weight is 151 g/mol. The highest BCUT2D eigenvalue weighted by atomic mass is 15.0. The largest absolute Gasteiger partial charge is 0.373 e. The van der Waals surface area contributed by atoms with Crippen molar-refractivity contribution in [2.45, 2.75) is 6.92 Å². The van der Waals surface area contributed by atoms with Crippen LogP contribution in [0.15, 0.2) is 12.9 Å². The van der Waals surface area contributed by atoms with Gasteiger partial charge in [0.25, 0.3) is 0 Å². The van der Waals surface area contributed by atoms with E-state index >= 15 is 0 Å². The molecule has 1 aromatic heterocycles. The molecule has 0 aliphatic rings. The Morgan fingerprint density at radius 3 is 2.82 bits per heavy atom. The summed E-state index contributed by atoms with van der Waals surface area (Å²) in [5.41, 5.74) is 1.91. The number of rotatable bonds is 2. The number of hydrogen-bond donors (Lipinski definition) is 1. The van der Waals surface area contributed by atoms with Crippen molar-refractivity contribution in [3.63, 3.8) is 0 Å². The molecule has 0 aromatic carbocycles. The van der Waals surface area contributed by atoms with Crippen molar-refractivity contribution in [1.29, 1.82) is 0 Å². The van der Waals surface area contributed by atoms with Crippen LogP contribution in [-0.4, -0.2) is 17.0 Å². The topological polar surface area (TPSA) is 37.8 Å². The van der Waals surface area contributed by atoms with E-state index in [1.165, 1.54) is 6.33 Å². The van der Waals surface area contributed by atoms with Crippen LogP contribution in [0.5, 0.6) is 0 Å². The van der Waals surface area contributed by atoms with Gasteiger partial charge in [0, 0.05) is 14.0 Å². The van der Waals surface area contributed by atoms with Crippen molar-refractivity contribution in [2.75, 3.05) is 12.4 Å². The molecule has 1 heterocycles. The first kappa shape index (κ1) is 7.72. The van der Waals surface area contributed by atoms with Crippen molar-refractivity contribution < 1.29 is 1.43 Å². The predicted molar refractivity (Wildman–Crippen MR) is 48.5 cm³/mol. The molecule has 11 heavy (non-hydrogen) atoms. The lowest BCUT2D eigenvalue weighted by atomic mass is 10.2. The predicted octanol–water partition coefficient (Wildman–Crippen LogP) is 1.72. The molecular formula is C8H13N3. The maximum atomic E-state index is 4.04. The van der Waals surface area contributed by atoms with E-state index in [2.05, 4.69) is 21.9 Å². The average Bonchev–Trinajstić information content (AvgIpc) is 2.04. The highest BCUT2D eigenvalue weighted by Crippen LogP contribution is 2.14. The summed E-state index contributed by atoms with van der Waals surface area (Å²) in [7, 11) is 1.83. The normalized spacial score (nSPS) is 9.27. The van der Waals surface area contributed by atoms with Crippen LogP contribution in [0.3, 0.4) is 0 Å². The van der Waals surface area contributed by atoms with E-state index in [1.54, 1.807) is 6.08 Å². The second-order valence-corrected chi connectivity index (χ2v) is 2.18. The van der Waals surface area contributed by atoms with E-state index in [0.29, 0.717) is 0 Å². The van der Waals surface area contributed by atoms with Gasteiger partial charge in [0.15, 0.2) is 0 Å². The van der Waals surface area contributed by atoms with Gasteiger partial charge in [-0.3, -0.25) is 0 Å². The third kappa shape index (κ3) is 1.37. The molecule has 1 rings (SSSR count). The molecule has 0 radical (unpaired) electrons. The second kappa shape index (κ2) is 3.14. The first-order valence-corrected chi connectivity index (χ1v) is 3.41. The first-order chi connectivity index (χ1) is 5.29. The van der Waals surface area contributed by atoms with E-state index in [9.17, 15) is 0 Å². The Labute approximate surface area is 67.7 Å². The van der Waals surface area contributed by atoms with E-state index < -0.39 is 0 Å². The van der Waals surface area contributed by atoms with E-state index in [4.69, 9.17) is 0 Å². The number of aryl methyl sites for hydroxylation is 1. The summed E-state index contributed by atoms with van der Waals surface area (Å²) in [4.78, 5) is 8.07. The fourth-order valence-electron chi connectivity index (χ4n) is 0.927. The molecule has 0 bridgehead atoms. The summed E-state index contributed by atoms with van der Waals surface area (Å²) < 4.78 is 0. The van der Waals surface area contributed by atoms with Crippen LogP contribution in [-0.2, 0) is 0 Å². The molecule has 0 aliphatic carbocycles. The van der Waals surface area contributed by atoms with Gasteiger partial charge in [-0.15, -0.1) is 0 Å². The Morgan fingerprint density at radius 2 is 2.36 bits per heavy atom. The molecular weight excluding hydrogens is 138 g/mol. The number of nitrogens with one attached hydrogen (secondary N) is 1. The van der Waals surface area contributed by atoms with Gasteiger partial charge >= 0.3 is 0 Å². The molecule has 3 heteroatoms. The van der Waals surface area contributed by atoms with Gasteiger partial charge in [-0.1, -0.05) is 12.7 Å². The minimum absolute atomic E-state index is 0. The van der Waals surface area contributed by atoms with Gasteiger partial charge in [0.2, 0.25) is 0 Å². The monoisotopic (exact) mass is 151 g/mol. The Balaban J connectivity index is 0.00000121. The zero-order chi connectivity index (χ0) is 8.27. The molecule has 0 atom stereocenters. The van der Waals surface area contributed by atoms with Crippen molar-refractivity contribution >= 4 is 11.9 Å². The Bertz CT molecular complexity index is 273. The molecule has 1 aromatic rings. The molecule has 0 aliphatic heterocycles. The highest BCUT2D eigenvalue weighted by Gasteiger charge is 2.00. The van der Waals surface area contributed by atoms with Gasteiger partial charge in [-0.05, 0) is 6.92 Å². The van der Waals surface area contributed by atoms with Gasteiger partial charge in [0.05, 0.1) is 5.69 Å². The molecule has 0 saturated heterocycles. The number of aromatic nitrogens is 2. The maximum absolute atomic E-state index is 4.04. The zero-order valence-electron chi connectivity index (χ0n) is 6.76. The van der Waals surface area contributed by atoms with Gasteiger partial charge in [-0.25, -0.2) is 9.97 Å². The molecule has 1 N–H and O–H groups in total. The lowest BCUT2D eigenvalue weighted by Crippen LogP contribution is -1.98. The fourth-order valence-corrected chi connectivity index (χ4v) is 0.927. The number of nitrogens with zero attached hydrogens (tertiary/aromatic N) is 2.